The molecule has 20 heavy (non-hydrogen) atoms. The first-order chi connectivity index (χ1) is 9.63. The van der Waals surface area contributed by atoms with E-state index in [0.717, 1.165) is 35.4 Å². The quantitative estimate of drug-likeness (QED) is 0.707. The van der Waals surface area contributed by atoms with Gasteiger partial charge in [-0.15, -0.1) is 0 Å². The van der Waals surface area contributed by atoms with Crippen molar-refractivity contribution in [3.8, 4) is 0 Å². The average molecular weight is 267 g/mol. The zero-order valence-corrected chi connectivity index (χ0v) is 11.9. The van der Waals surface area contributed by atoms with Crippen molar-refractivity contribution in [2.75, 3.05) is 0 Å². The molecule has 0 saturated heterocycles. The molecule has 0 bridgehead atoms. The highest BCUT2D eigenvalue weighted by Gasteiger charge is 2.16. The lowest BCUT2D eigenvalue weighted by Crippen LogP contribution is -2.02. The molecule has 1 unspecified atom stereocenters. The molecule has 104 valence electrons. The van der Waals surface area contributed by atoms with Crippen molar-refractivity contribution >= 4 is 5.57 Å². The molecule has 0 spiro atoms. The van der Waals surface area contributed by atoms with Gasteiger partial charge in [-0.1, -0.05) is 56.8 Å². The molecule has 2 aromatic rings. The number of hydrogen-bond donors (Lipinski definition) is 2. The Bertz CT molecular complexity index is 595. The Morgan fingerprint density at radius 1 is 1.15 bits per heavy atom. The Kier molecular flexibility index (Phi) is 4.46. The Labute approximate surface area is 120 Å². The second-order valence-electron chi connectivity index (χ2n) is 5.00. The number of rotatable bonds is 6. The van der Waals surface area contributed by atoms with Crippen LogP contribution >= 0.6 is 0 Å². The summed E-state index contributed by atoms with van der Waals surface area (Å²) in [5, 5.41) is 9.72. The fourth-order valence-corrected chi connectivity index (χ4v) is 2.38. The molecule has 1 heterocycles. The molecular formula is C18H21NO. The molecule has 0 aliphatic heterocycles. The lowest BCUT2D eigenvalue weighted by Gasteiger charge is -2.13. The smallest absolute Gasteiger partial charge is 0.0940 e. The van der Waals surface area contributed by atoms with Crippen LogP contribution in [-0.4, -0.2) is 10.1 Å². The summed E-state index contributed by atoms with van der Waals surface area (Å²) >= 11 is 0. The molecule has 1 atom stereocenters. The maximum atomic E-state index is 9.72. The first-order valence-electron chi connectivity index (χ1n) is 6.94. The van der Waals surface area contributed by atoms with Gasteiger partial charge in [0.05, 0.1) is 11.7 Å². The molecule has 1 aromatic heterocycles. The van der Waals surface area contributed by atoms with Crippen LogP contribution in [0.4, 0.5) is 0 Å². The maximum absolute atomic E-state index is 9.72. The molecule has 2 heteroatoms. The lowest BCUT2D eigenvalue weighted by molar-refractivity contribution is 0.359. The molecule has 1 aromatic carbocycles. The number of hydrogen-bond acceptors (Lipinski definition) is 1. The van der Waals surface area contributed by atoms with E-state index in [1.54, 1.807) is 0 Å². The molecule has 2 rings (SSSR count). The van der Waals surface area contributed by atoms with Crippen molar-refractivity contribution in [1.82, 2.24) is 4.98 Å². The fourth-order valence-electron chi connectivity index (χ4n) is 2.38. The fraction of sp³-hybridized carbons (Fsp3) is 0.222. The number of aromatic amines is 1. The van der Waals surface area contributed by atoms with Crippen LogP contribution in [-0.2, 0) is 0 Å². The van der Waals surface area contributed by atoms with Crippen LogP contribution in [0.1, 0.15) is 42.6 Å². The summed E-state index contributed by atoms with van der Waals surface area (Å²) in [7, 11) is 0. The van der Waals surface area contributed by atoms with Gasteiger partial charge < -0.3 is 10.1 Å². The minimum absolute atomic E-state index is 0.0303. The van der Waals surface area contributed by atoms with Gasteiger partial charge in [0, 0.05) is 11.4 Å². The molecular weight excluding hydrogens is 246 g/mol. The summed E-state index contributed by atoms with van der Waals surface area (Å²) in [5.74, 6) is 0.183. The number of aliphatic hydroxyl groups is 1. The van der Waals surface area contributed by atoms with Crippen LogP contribution < -0.4 is 0 Å². The van der Waals surface area contributed by atoms with E-state index in [-0.39, 0.29) is 11.7 Å². The number of aliphatic hydroxyl groups excluding tert-OH is 1. The van der Waals surface area contributed by atoms with Crippen LogP contribution in [0.15, 0.2) is 61.4 Å². The van der Waals surface area contributed by atoms with Crippen molar-refractivity contribution in [1.29, 1.82) is 0 Å². The van der Waals surface area contributed by atoms with Crippen LogP contribution in [0.3, 0.4) is 0 Å². The van der Waals surface area contributed by atoms with Gasteiger partial charge in [0.2, 0.25) is 0 Å². The number of H-pyrrole nitrogens is 1. The highest BCUT2D eigenvalue weighted by molar-refractivity contribution is 5.76. The highest BCUT2D eigenvalue weighted by Crippen LogP contribution is 2.28. The van der Waals surface area contributed by atoms with Gasteiger partial charge in [-0.2, -0.15) is 0 Å². The monoisotopic (exact) mass is 267 g/mol. The van der Waals surface area contributed by atoms with Crippen molar-refractivity contribution in [3.05, 3.63) is 78.3 Å². The third kappa shape index (κ3) is 3.02. The second-order valence-corrected chi connectivity index (χ2v) is 5.00. The SMILES string of the molecule is C=C(c1ccccc1)c1ccc(C(CCC)C(=C)O)[nH]1. The number of allylic oxidation sites excluding steroid dienone is 1. The molecule has 0 saturated carbocycles. The number of benzene rings is 1. The summed E-state index contributed by atoms with van der Waals surface area (Å²) < 4.78 is 0. The average Bonchev–Trinajstić information content (AvgIpc) is 2.94. The van der Waals surface area contributed by atoms with E-state index in [9.17, 15) is 5.11 Å². The van der Waals surface area contributed by atoms with Crippen LogP contribution in [0, 0.1) is 0 Å². The summed E-state index contributed by atoms with van der Waals surface area (Å²) in [6.07, 6.45) is 1.88. The molecule has 0 aliphatic carbocycles. The molecule has 0 aliphatic rings. The zero-order chi connectivity index (χ0) is 14.5. The standard InChI is InChI=1S/C18H21NO/c1-4-8-16(14(3)20)18-12-11-17(19-18)13(2)15-9-6-5-7-10-15/h5-7,9-12,16,19-20H,2-4,8H2,1H3. The van der Waals surface area contributed by atoms with Crippen molar-refractivity contribution < 1.29 is 5.11 Å². The van der Waals surface area contributed by atoms with Crippen LogP contribution in [0.25, 0.3) is 5.57 Å². The first-order valence-corrected chi connectivity index (χ1v) is 6.94. The number of aromatic nitrogens is 1. The predicted molar refractivity (Wildman–Crippen MR) is 84.8 cm³/mol. The van der Waals surface area contributed by atoms with E-state index in [2.05, 4.69) is 25.1 Å². The van der Waals surface area contributed by atoms with Gasteiger partial charge in [-0.25, -0.2) is 0 Å². The third-order valence-corrected chi connectivity index (χ3v) is 3.51. The summed E-state index contributed by atoms with van der Waals surface area (Å²) in [6, 6.07) is 14.1. The maximum Gasteiger partial charge on any atom is 0.0940 e. The predicted octanol–water partition coefficient (Wildman–Crippen LogP) is 5.03. The Morgan fingerprint density at radius 2 is 1.85 bits per heavy atom. The Balaban J connectivity index is 2.24. The van der Waals surface area contributed by atoms with Crippen molar-refractivity contribution in [2.45, 2.75) is 25.7 Å². The number of nitrogens with one attached hydrogen (secondary N) is 1. The Hall–Kier alpha value is -2.22. The van der Waals surface area contributed by atoms with Gasteiger partial charge in [0.25, 0.3) is 0 Å². The van der Waals surface area contributed by atoms with E-state index < -0.39 is 0 Å². The summed E-state index contributed by atoms with van der Waals surface area (Å²) in [4.78, 5) is 3.36. The van der Waals surface area contributed by atoms with Crippen molar-refractivity contribution in [2.24, 2.45) is 0 Å². The highest BCUT2D eigenvalue weighted by atomic mass is 16.3. The van der Waals surface area contributed by atoms with E-state index in [1.807, 2.05) is 42.5 Å². The van der Waals surface area contributed by atoms with Gasteiger partial charge in [-0.3, -0.25) is 0 Å². The second kappa shape index (κ2) is 6.29. The minimum Gasteiger partial charge on any atom is -0.512 e. The van der Waals surface area contributed by atoms with E-state index >= 15 is 0 Å². The summed E-state index contributed by atoms with van der Waals surface area (Å²) in [6.45, 7) is 9.92. The molecule has 0 amide bonds. The minimum atomic E-state index is -0.0303. The van der Waals surface area contributed by atoms with Gasteiger partial charge >= 0.3 is 0 Å². The lowest BCUT2D eigenvalue weighted by atomic mass is 9.98. The van der Waals surface area contributed by atoms with E-state index in [0.29, 0.717) is 0 Å². The molecule has 2 nitrogen and oxygen atoms in total. The summed E-state index contributed by atoms with van der Waals surface area (Å²) in [5.41, 5.74) is 4.02. The van der Waals surface area contributed by atoms with Crippen LogP contribution in [0.2, 0.25) is 0 Å². The molecule has 0 radical (unpaired) electrons. The van der Waals surface area contributed by atoms with Crippen molar-refractivity contribution in [3.63, 3.8) is 0 Å². The largest absolute Gasteiger partial charge is 0.512 e. The van der Waals surface area contributed by atoms with Gasteiger partial charge in [-0.05, 0) is 29.7 Å². The molecule has 2 N–H and O–H groups in total. The molecule has 0 fully saturated rings. The van der Waals surface area contributed by atoms with Crippen LogP contribution in [0.5, 0.6) is 0 Å². The zero-order valence-electron chi connectivity index (χ0n) is 11.9. The van der Waals surface area contributed by atoms with E-state index in [4.69, 9.17) is 0 Å². The third-order valence-electron chi connectivity index (χ3n) is 3.51. The topological polar surface area (TPSA) is 36.0 Å². The Morgan fingerprint density at radius 3 is 2.45 bits per heavy atom. The van der Waals surface area contributed by atoms with Gasteiger partial charge in [0.15, 0.2) is 0 Å². The van der Waals surface area contributed by atoms with Gasteiger partial charge in [0.1, 0.15) is 0 Å². The normalized spacial score (nSPS) is 12.1. The first kappa shape index (κ1) is 14.2. The van der Waals surface area contributed by atoms with E-state index in [1.165, 1.54) is 0 Å².